The maximum Gasteiger partial charge on any atom is 0.144 e. The topological polar surface area (TPSA) is 38.2 Å². The van der Waals surface area contributed by atoms with E-state index in [9.17, 15) is 0 Å². The summed E-state index contributed by atoms with van der Waals surface area (Å²) in [5.41, 5.74) is 0.818. The van der Waals surface area contributed by atoms with Gasteiger partial charge in [-0.3, -0.25) is 4.90 Å². The zero-order valence-corrected chi connectivity index (χ0v) is 11.3. The first kappa shape index (κ1) is 12.7. The van der Waals surface area contributed by atoms with Crippen molar-refractivity contribution in [3.05, 3.63) is 22.7 Å². The molecule has 2 rings (SSSR count). The molecule has 1 aromatic rings. The van der Waals surface area contributed by atoms with Crippen LogP contribution >= 0.6 is 11.6 Å². The minimum absolute atomic E-state index is 0.0914. The van der Waals surface area contributed by atoms with Crippen LogP contribution in [0.3, 0.4) is 0 Å². The largest absolute Gasteiger partial charge is 0.373 e. The second kappa shape index (κ2) is 4.88. The van der Waals surface area contributed by atoms with Gasteiger partial charge < -0.3 is 4.74 Å². The van der Waals surface area contributed by atoms with E-state index in [4.69, 9.17) is 16.3 Å². The van der Waals surface area contributed by atoms with Crippen molar-refractivity contribution in [1.29, 1.82) is 0 Å². The van der Waals surface area contributed by atoms with Gasteiger partial charge in [-0.1, -0.05) is 11.6 Å². The number of hydrogen-bond donors (Lipinski definition) is 0. The van der Waals surface area contributed by atoms with Crippen molar-refractivity contribution < 1.29 is 4.74 Å². The fourth-order valence-electron chi connectivity index (χ4n) is 2.11. The van der Waals surface area contributed by atoms with Gasteiger partial charge in [0.25, 0.3) is 0 Å². The van der Waals surface area contributed by atoms with E-state index in [1.807, 2.05) is 6.92 Å². The summed E-state index contributed by atoms with van der Waals surface area (Å²) in [5.74, 6) is 0.785. The normalized spacial score (nSPS) is 20.5. The van der Waals surface area contributed by atoms with E-state index >= 15 is 0 Å². The summed E-state index contributed by atoms with van der Waals surface area (Å²) < 4.78 is 5.67. The predicted molar refractivity (Wildman–Crippen MR) is 67.1 cm³/mol. The number of aromatic nitrogens is 2. The molecule has 0 spiro atoms. The van der Waals surface area contributed by atoms with E-state index < -0.39 is 0 Å². The van der Waals surface area contributed by atoms with Crippen molar-refractivity contribution in [1.82, 2.24) is 14.9 Å². The van der Waals surface area contributed by atoms with Crippen LogP contribution in [0.4, 0.5) is 0 Å². The molecule has 5 heteroatoms. The SMILES string of the molecule is Cc1cc(Cl)nc(CN2CCOC(C)(C)C2)n1. The first-order chi connectivity index (χ1) is 7.94. The molecule has 0 saturated carbocycles. The number of aryl methyl sites for hydroxylation is 1. The van der Waals surface area contributed by atoms with Crippen molar-refractivity contribution in [3.8, 4) is 0 Å². The molecule has 1 aliphatic rings. The maximum atomic E-state index is 5.93. The lowest BCUT2D eigenvalue weighted by Crippen LogP contribution is -2.47. The average Bonchev–Trinajstić information content (AvgIpc) is 2.13. The Kier molecular flexibility index (Phi) is 3.66. The van der Waals surface area contributed by atoms with Gasteiger partial charge >= 0.3 is 0 Å². The van der Waals surface area contributed by atoms with Crippen LogP contribution in [0.5, 0.6) is 0 Å². The van der Waals surface area contributed by atoms with E-state index in [0.29, 0.717) is 5.15 Å². The first-order valence-corrected chi connectivity index (χ1v) is 6.19. The summed E-state index contributed by atoms with van der Waals surface area (Å²) in [5, 5.41) is 0.514. The molecule has 1 saturated heterocycles. The van der Waals surface area contributed by atoms with Crippen molar-refractivity contribution in [2.75, 3.05) is 19.7 Å². The van der Waals surface area contributed by atoms with Crippen LogP contribution < -0.4 is 0 Å². The van der Waals surface area contributed by atoms with Gasteiger partial charge in [-0.15, -0.1) is 0 Å². The lowest BCUT2D eigenvalue weighted by Gasteiger charge is -2.37. The fourth-order valence-corrected chi connectivity index (χ4v) is 2.36. The first-order valence-electron chi connectivity index (χ1n) is 5.81. The zero-order valence-electron chi connectivity index (χ0n) is 10.5. The molecular weight excluding hydrogens is 238 g/mol. The monoisotopic (exact) mass is 255 g/mol. The second-order valence-corrected chi connectivity index (χ2v) is 5.45. The van der Waals surface area contributed by atoms with Gasteiger partial charge in [0.05, 0.1) is 18.8 Å². The molecule has 0 bridgehead atoms. The number of halogens is 1. The molecule has 94 valence electrons. The third-order valence-corrected chi connectivity index (χ3v) is 2.93. The number of morpholine rings is 1. The molecule has 0 atom stereocenters. The van der Waals surface area contributed by atoms with Gasteiger partial charge in [-0.25, -0.2) is 9.97 Å². The molecule has 1 aromatic heterocycles. The van der Waals surface area contributed by atoms with Gasteiger partial charge in [0.15, 0.2) is 0 Å². The Morgan fingerprint density at radius 2 is 2.24 bits per heavy atom. The van der Waals surface area contributed by atoms with Crippen LogP contribution in [0.2, 0.25) is 5.15 Å². The van der Waals surface area contributed by atoms with E-state index in [1.54, 1.807) is 6.07 Å². The number of rotatable bonds is 2. The molecule has 4 nitrogen and oxygen atoms in total. The standard InChI is InChI=1S/C12H18ClN3O/c1-9-6-10(13)15-11(14-9)7-16-4-5-17-12(2,3)8-16/h6H,4-5,7-8H2,1-3H3. The van der Waals surface area contributed by atoms with E-state index in [2.05, 4.69) is 28.7 Å². The highest BCUT2D eigenvalue weighted by molar-refractivity contribution is 6.29. The summed E-state index contributed by atoms with van der Waals surface area (Å²) in [7, 11) is 0. The summed E-state index contributed by atoms with van der Waals surface area (Å²) in [6, 6.07) is 1.77. The van der Waals surface area contributed by atoms with Gasteiger partial charge in [0, 0.05) is 18.8 Å². The smallest absolute Gasteiger partial charge is 0.144 e. The third-order valence-electron chi connectivity index (χ3n) is 2.74. The highest BCUT2D eigenvalue weighted by Gasteiger charge is 2.27. The van der Waals surface area contributed by atoms with Gasteiger partial charge in [-0.05, 0) is 26.8 Å². The lowest BCUT2D eigenvalue weighted by atomic mass is 10.1. The van der Waals surface area contributed by atoms with Gasteiger partial charge in [0.2, 0.25) is 0 Å². The Hall–Kier alpha value is -0.710. The van der Waals surface area contributed by atoms with E-state index in [-0.39, 0.29) is 5.60 Å². The van der Waals surface area contributed by atoms with Crippen LogP contribution in [0.15, 0.2) is 6.07 Å². The van der Waals surface area contributed by atoms with Crippen molar-refractivity contribution in [2.45, 2.75) is 32.9 Å². The second-order valence-electron chi connectivity index (χ2n) is 5.07. The van der Waals surface area contributed by atoms with Crippen molar-refractivity contribution in [2.24, 2.45) is 0 Å². The van der Waals surface area contributed by atoms with Crippen LogP contribution in [0.25, 0.3) is 0 Å². The molecule has 0 amide bonds. The molecule has 0 aromatic carbocycles. The number of ether oxygens (including phenoxy) is 1. The van der Waals surface area contributed by atoms with Crippen LogP contribution in [0.1, 0.15) is 25.4 Å². The number of hydrogen-bond acceptors (Lipinski definition) is 4. The highest BCUT2D eigenvalue weighted by atomic mass is 35.5. The maximum absolute atomic E-state index is 5.93. The quantitative estimate of drug-likeness (QED) is 0.759. The summed E-state index contributed by atoms with van der Waals surface area (Å²) in [6.45, 7) is 9.42. The summed E-state index contributed by atoms with van der Waals surface area (Å²) in [4.78, 5) is 10.9. The molecule has 0 unspecified atom stereocenters. The summed E-state index contributed by atoms with van der Waals surface area (Å²) >= 11 is 5.93. The summed E-state index contributed by atoms with van der Waals surface area (Å²) in [6.07, 6.45) is 0. The Morgan fingerprint density at radius 1 is 1.47 bits per heavy atom. The Labute approximate surface area is 107 Å². The fraction of sp³-hybridized carbons (Fsp3) is 0.667. The zero-order chi connectivity index (χ0) is 12.5. The highest BCUT2D eigenvalue weighted by Crippen LogP contribution is 2.18. The third kappa shape index (κ3) is 3.63. The van der Waals surface area contributed by atoms with E-state index in [0.717, 1.165) is 37.8 Å². The Bertz CT molecular complexity index is 388. The molecule has 17 heavy (non-hydrogen) atoms. The van der Waals surface area contributed by atoms with Gasteiger partial charge in [-0.2, -0.15) is 0 Å². The Morgan fingerprint density at radius 3 is 2.88 bits per heavy atom. The Balaban J connectivity index is 2.05. The molecule has 1 fully saturated rings. The van der Waals surface area contributed by atoms with Crippen LogP contribution in [-0.4, -0.2) is 40.2 Å². The molecular formula is C12H18ClN3O. The predicted octanol–water partition coefficient (Wildman–Crippen LogP) is 2.05. The van der Waals surface area contributed by atoms with Crippen molar-refractivity contribution in [3.63, 3.8) is 0 Å². The molecule has 0 N–H and O–H groups in total. The molecule has 2 heterocycles. The molecule has 0 aliphatic carbocycles. The van der Waals surface area contributed by atoms with Crippen LogP contribution in [0, 0.1) is 6.92 Å². The minimum atomic E-state index is -0.0914. The van der Waals surface area contributed by atoms with E-state index in [1.165, 1.54) is 0 Å². The molecule has 0 radical (unpaired) electrons. The lowest BCUT2D eigenvalue weighted by molar-refractivity contribution is -0.0887. The minimum Gasteiger partial charge on any atom is -0.373 e. The van der Waals surface area contributed by atoms with Crippen LogP contribution in [-0.2, 0) is 11.3 Å². The van der Waals surface area contributed by atoms with Crippen molar-refractivity contribution >= 4 is 11.6 Å². The molecule has 1 aliphatic heterocycles. The van der Waals surface area contributed by atoms with Gasteiger partial charge in [0.1, 0.15) is 11.0 Å². The average molecular weight is 256 g/mol. The number of nitrogens with zero attached hydrogens (tertiary/aromatic N) is 3.